The minimum atomic E-state index is -0.638. The van der Waals surface area contributed by atoms with Gasteiger partial charge in [0.25, 0.3) is 0 Å². The van der Waals surface area contributed by atoms with Gasteiger partial charge in [0.15, 0.2) is 5.82 Å². The molecule has 3 aromatic heterocycles. The third-order valence-electron chi connectivity index (χ3n) is 4.81. The van der Waals surface area contributed by atoms with Crippen LogP contribution < -0.4 is 5.32 Å². The first-order valence-corrected chi connectivity index (χ1v) is 9.30. The van der Waals surface area contributed by atoms with E-state index in [4.69, 9.17) is 4.42 Å². The first kappa shape index (κ1) is 18.0. The van der Waals surface area contributed by atoms with E-state index in [1.807, 2.05) is 12.1 Å². The number of benzene rings is 2. The lowest BCUT2D eigenvalue weighted by Crippen LogP contribution is -2.01. The molecule has 0 amide bonds. The molecule has 0 aliphatic carbocycles. The fraction of sp³-hybridized carbons (Fsp3) is 0. The van der Waals surface area contributed by atoms with Gasteiger partial charge >= 0.3 is 0 Å². The number of nitrogens with zero attached hydrogens (tertiary/aromatic N) is 2. The molecule has 6 heteroatoms. The van der Waals surface area contributed by atoms with E-state index in [2.05, 4.69) is 15.3 Å². The van der Waals surface area contributed by atoms with Gasteiger partial charge in [-0.15, -0.1) is 0 Å². The van der Waals surface area contributed by atoms with Crippen molar-refractivity contribution in [3.63, 3.8) is 0 Å². The van der Waals surface area contributed by atoms with Crippen LogP contribution in [0.3, 0.4) is 0 Å². The Hall–Kier alpha value is -4.06. The first-order valence-electron chi connectivity index (χ1n) is 9.30. The predicted octanol–water partition coefficient (Wildman–Crippen LogP) is 6.58. The van der Waals surface area contributed by atoms with Crippen LogP contribution in [0.4, 0.5) is 20.2 Å². The molecule has 0 unspecified atom stereocenters. The highest BCUT2D eigenvalue weighted by Crippen LogP contribution is 2.37. The lowest BCUT2D eigenvalue weighted by Gasteiger charge is -2.15. The van der Waals surface area contributed by atoms with Gasteiger partial charge in [-0.1, -0.05) is 12.1 Å². The number of pyridine rings is 2. The van der Waals surface area contributed by atoms with Crippen LogP contribution >= 0.6 is 0 Å². The maximum Gasteiger partial charge on any atom is 0.173 e. The number of aromatic nitrogens is 2. The molecule has 146 valence electrons. The van der Waals surface area contributed by atoms with Crippen LogP contribution in [-0.4, -0.2) is 9.97 Å². The quantitative estimate of drug-likeness (QED) is 0.371. The minimum Gasteiger partial charge on any atom is -0.464 e. The predicted molar refractivity (Wildman–Crippen MR) is 112 cm³/mol. The van der Waals surface area contributed by atoms with Gasteiger partial charge in [0.05, 0.1) is 17.5 Å². The summed E-state index contributed by atoms with van der Waals surface area (Å²) in [6.07, 6.45) is 4.79. The van der Waals surface area contributed by atoms with E-state index in [-0.39, 0.29) is 16.9 Å². The molecular formula is C24H15F2N3O. The number of furan rings is 1. The van der Waals surface area contributed by atoms with E-state index in [0.717, 1.165) is 5.56 Å². The standard InChI is InChI=1S/C24H15F2N3O/c25-19-5-2-1-4-17(19)23-22(26)24(28-16-9-11-27-12-10-16)18-14-15(7-8-20(18)29-23)21-6-3-13-30-21/h1-14H,(H,27,28,29). The molecule has 0 fully saturated rings. The Labute approximate surface area is 170 Å². The van der Waals surface area contributed by atoms with E-state index in [0.29, 0.717) is 22.4 Å². The molecule has 0 bridgehead atoms. The second kappa shape index (κ2) is 7.40. The van der Waals surface area contributed by atoms with Gasteiger partial charge in [-0.05, 0) is 54.6 Å². The molecule has 0 saturated carbocycles. The third kappa shape index (κ3) is 3.18. The second-order valence-electron chi connectivity index (χ2n) is 6.70. The van der Waals surface area contributed by atoms with Crippen LogP contribution in [0, 0.1) is 11.6 Å². The number of anilines is 2. The van der Waals surface area contributed by atoms with Crippen molar-refractivity contribution in [1.82, 2.24) is 9.97 Å². The maximum absolute atomic E-state index is 15.7. The molecule has 0 spiro atoms. The summed E-state index contributed by atoms with van der Waals surface area (Å²) in [6, 6.07) is 18.5. The van der Waals surface area contributed by atoms with Crippen LogP contribution in [0.2, 0.25) is 0 Å². The number of hydrogen-bond donors (Lipinski definition) is 1. The van der Waals surface area contributed by atoms with Gasteiger partial charge in [-0.3, -0.25) is 4.98 Å². The fourth-order valence-corrected chi connectivity index (χ4v) is 3.37. The van der Waals surface area contributed by atoms with Crippen molar-refractivity contribution in [2.75, 3.05) is 5.32 Å². The summed E-state index contributed by atoms with van der Waals surface area (Å²) in [5.41, 5.74) is 2.22. The lowest BCUT2D eigenvalue weighted by molar-refractivity contribution is 0.582. The molecule has 5 aromatic rings. The van der Waals surface area contributed by atoms with Crippen molar-refractivity contribution in [1.29, 1.82) is 0 Å². The summed E-state index contributed by atoms with van der Waals surface area (Å²) < 4.78 is 35.6. The summed E-state index contributed by atoms with van der Waals surface area (Å²) in [7, 11) is 0. The van der Waals surface area contributed by atoms with Gasteiger partial charge in [0.1, 0.15) is 17.3 Å². The summed E-state index contributed by atoms with van der Waals surface area (Å²) in [5, 5.41) is 3.66. The number of nitrogens with one attached hydrogen (secondary N) is 1. The van der Waals surface area contributed by atoms with Crippen LogP contribution in [0.25, 0.3) is 33.5 Å². The molecule has 0 aliphatic heterocycles. The number of fused-ring (bicyclic) bond motifs is 1. The highest BCUT2D eigenvalue weighted by atomic mass is 19.1. The molecule has 2 aromatic carbocycles. The second-order valence-corrected chi connectivity index (χ2v) is 6.70. The molecular weight excluding hydrogens is 384 g/mol. The average Bonchev–Trinajstić information content (AvgIpc) is 3.31. The average molecular weight is 399 g/mol. The van der Waals surface area contributed by atoms with Crippen LogP contribution in [-0.2, 0) is 0 Å². The van der Waals surface area contributed by atoms with Crippen LogP contribution in [0.15, 0.2) is 89.8 Å². The Balaban J connectivity index is 1.77. The summed E-state index contributed by atoms with van der Waals surface area (Å²) in [5.74, 6) is -0.517. The smallest absolute Gasteiger partial charge is 0.173 e. The molecule has 3 heterocycles. The molecule has 0 aliphatic rings. The van der Waals surface area contributed by atoms with Crippen LogP contribution in [0.1, 0.15) is 0 Å². The van der Waals surface area contributed by atoms with Crippen molar-refractivity contribution in [2.45, 2.75) is 0 Å². The van der Waals surface area contributed by atoms with Gasteiger partial charge in [0, 0.05) is 34.6 Å². The summed E-state index contributed by atoms with van der Waals surface area (Å²) >= 11 is 0. The molecule has 1 N–H and O–H groups in total. The van der Waals surface area contributed by atoms with Crippen molar-refractivity contribution < 1.29 is 13.2 Å². The fourth-order valence-electron chi connectivity index (χ4n) is 3.37. The highest BCUT2D eigenvalue weighted by molar-refractivity contribution is 5.98. The molecule has 0 radical (unpaired) electrons. The SMILES string of the molecule is Fc1ccccc1-c1nc2ccc(-c3ccco3)cc2c(Nc2ccncc2)c1F. The summed E-state index contributed by atoms with van der Waals surface area (Å²) in [4.78, 5) is 8.42. The molecule has 0 atom stereocenters. The van der Waals surface area contributed by atoms with E-state index in [1.165, 1.54) is 12.1 Å². The first-order chi connectivity index (χ1) is 14.7. The van der Waals surface area contributed by atoms with Gasteiger partial charge in [-0.2, -0.15) is 0 Å². The third-order valence-corrected chi connectivity index (χ3v) is 4.81. The maximum atomic E-state index is 15.7. The zero-order valence-corrected chi connectivity index (χ0v) is 15.6. The van der Waals surface area contributed by atoms with Crippen molar-refractivity contribution in [3.8, 4) is 22.6 Å². The molecule has 0 saturated heterocycles. The van der Waals surface area contributed by atoms with Gasteiger partial charge < -0.3 is 9.73 Å². The number of hydrogen-bond acceptors (Lipinski definition) is 4. The van der Waals surface area contributed by atoms with E-state index in [9.17, 15) is 4.39 Å². The topological polar surface area (TPSA) is 51.0 Å². The summed E-state index contributed by atoms with van der Waals surface area (Å²) in [6.45, 7) is 0. The Kier molecular flexibility index (Phi) is 4.44. The Morgan fingerprint density at radius 2 is 1.70 bits per heavy atom. The van der Waals surface area contributed by atoms with Gasteiger partial charge in [0.2, 0.25) is 0 Å². The van der Waals surface area contributed by atoms with Crippen molar-refractivity contribution in [3.05, 3.63) is 97.0 Å². The minimum absolute atomic E-state index is 0.0529. The van der Waals surface area contributed by atoms with Crippen molar-refractivity contribution in [2.24, 2.45) is 0 Å². The monoisotopic (exact) mass is 399 g/mol. The van der Waals surface area contributed by atoms with E-state index >= 15 is 4.39 Å². The molecule has 4 nitrogen and oxygen atoms in total. The number of halogens is 2. The molecule has 5 rings (SSSR count). The number of rotatable bonds is 4. The zero-order valence-electron chi connectivity index (χ0n) is 15.6. The Bertz CT molecular complexity index is 1340. The van der Waals surface area contributed by atoms with Crippen LogP contribution in [0.5, 0.6) is 0 Å². The van der Waals surface area contributed by atoms with Crippen molar-refractivity contribution >= 4 is 22.3 Å². The lowest BCUT2D eigenvalue weighted by atomic mass is 10.0. The zero-order chi connectivity index (χ0) is 20.5. The largest absolute Gasteiger partial charge is 0.464 e. The van der Waals surface area contributed by atoms with Gasteiger partial charge in [-0.25, -0.2) is 13.8 Å². The Morgan fingerprint density at radius 3 is 2.47 bits per heavy atom. The van der Waals surface area contributed by atoms with E-state index in [1.54, 1.807) is 61.1 Å². The van der Waals surface area contributed by atoms with E-state index < -0.39 is 11.6 Å². The normalized spacial score (nSPS) is 11.0. The Morgan fingerprint density at radius 1 is 0.867 bits per heavy atom. The highest BCUT2D eigenvalue weighted by Gasteiger charge is 2.20. The molecule has 30 heavy (non-hydrogen) atoms.